The number of aryl methyl sites for hydroxylation is 1. The zero-order valence-electron chi connectivity index (χ0n) is 45.4. The first-order valence-electron chi connectivity index (χ1n) is 26.3. The molecule has 0 fully saturated rings. The van der Waals surface area contributed by atoms with Gasteiger partial charge in [-0.15, -0.1) is 0 Å². The molecule has 0 aliphatic rings. The smallest absolute Gasteiger partial charge is 0.349 e. The quantitative estimate of drug-likeness (QED) is 0.0237. The fourth-order valence-corrected chi connectivity index (χ4v) is 15.5. The monoisotopic (exact) mass is 1360 g/mol. The van der Waals surface area contributed by atoms with E-state index in [1.54, 1.807) is 0 Å². The van der Waals surface area contributed by atoms with Crippen LogP contribution in [0.25, 0.3) is 0 Å². The Hall–Kier alpha value is -6.51. The van der Waals surface area contributed by atoms with Crippen LogP contribution in [0.5, 0.6) is 0 Å². The van der Waals surface area contributed by atoms with Crippen molar-refractivity contribution in [3.8, 4) is 0 Å². The Kier molecular flexibility index (Phi) is 26.5. The summed E-state index contributed by atoms with van der Waals surface area (Å²) in [4.78, 5) is 7.44. The summed E-state index contributed by atoms with van der Waals surface area (Å²) in [6.07, 6.45) is 26.3. The Morgan fingerprint density at radius 3 is 0.544 bits per heavy atom. The topological polar surface area (TPSA) is 28.7 Å². The molecular formula is C56H38Al2F30N2. The van der Waals surface area contributed by atoms with Gasteiger partial charge in [0.05, 0.1) is 0 Å². The van der Waals surface area contributed by atoms with E-state index in [1.165, 1.54) is 96.3 Å². The molecule has 2 nitrogen and oxygen atoms in total. The third-order valence-electron chi connectivity index (χ3n) is 13.8. The van der Waals surface area contributed by atoms with E-state index in [4.69, 9.17) is 0 Å². The van der Waals surface area contributed by atoms with Crippen molar-refractivity contribution in [3.05, 3.63) is 193 Å². The minimum absolute atomic E-state index is 1.12. The molecule has 34 heteroatoms. The van der Waals surface area contributed by atoms with Gasteiger partial charge >= 0.3 is 28.3 Å². The van der Waals surface area contributed by atoms with Crippen LogP contribution < -0.4 is 26.6 Å². The lowest BCUT2D eigenvalue weighted by Crippen LogP contribution is -2.60. The van der Waals surface area contributed by atoms with Crippen molar-refractivity contribution in [2.45, 2.75) is 110 Å². The van der Waals surface area contributed by atoms with E-state index < -0.39 is 229 Å². The summed E-state index contributed by atoms with van der Waals surface area (Å²) < 4.78 is 403. The third kappa shape index (κ3) is 15.3. The molecule has 488 valence electrons. The van der Waals surface area contributed by atoms with E-state index in [0.29, 0.717) is 0 Å². The normalized spacial score (nSPS) is 11.3. The van der Waals surface area contributed by atoms with E-state index in [0.717, 1.165) is 12.2 Å². The second-order valence-electron chi connectivity index (χ2n) is 19.5. The van der Waals surface area contributed by atoms with Crippen LogP contribution in [-0.4, -0.2) is 38.3 Å². The predicted octanol–water partition coefficient (Wildman–Crippen LogP) is 15.4. The van der Waals surface area contributed by atoms with Crippen LogP contribution in [0.4, 0.5) is 132 Å². The molecule has 1 aromatic heterocycles. The van der Waals surface area contributed by atoms with E-state index in [9.17, 15) is 132 Å². The van der Waals surface area contributed by atoms with Crippen molar-refractivity contribution >= 4 is 54.8 Å². The lowest BCUT2D eigenvalue weighted by atomic mass is 10.0. The maximum absolute atomic E-state index is 14.4. The standard InChI is InChI=1S/C20H38N2.6C6F5.2Al/c1-2-3-4-5-6-7-8-9-10-11-12-13-14-15-16-17-20-21-18-19-22-20;6*7-2-1-3(8)5(10)6(11)4(2)9;;/h18-19H,2-17H2,1H3,(H,21,22);;;;;;;;. The number of nitrogens with one attached hydrogen (secondary N) is 1. The first kappa shape index (κ1) is 74.2. The summed E-state index contributed by atoms with van der Waals surface area (Å²) in [6, 6.07) is 0. The number of hydrogen-bond donors (Lipinski definition) is 1. The largest absolute Gasteiger partial charge is 0.413 e. The molecule has 0 radical (unpaired) electrons. The number of rotatable bonds is 22. The third-order valence-corrected chi connectivity index (χ3v) is 20.3. The Morgan fingerprint density at radius 2 is 0.389 bits per heavy atom. The van der Waals surface area contributed by atoms with Crippen molar-refractivity contribution < 1.29 is 132 Å². The lowest BCUT2D eigenvalue weighted by molar-refractivity contribution is 0.380. The molecule has 1 heterocycles. The Balaban J connectivity index is 0.000000252. The van der Waals surface area contributed by atoms with Crippen LogP contribution in [0.1, 0.15) is 109 Å². The van der Waals surface area contributed by atoms with Crippen molar-refractivity contribution in [2.75, 3.05) is 0 Å². The van der Waals surface area contributed by atoms with Gasteiger partial charge in [-0.3, -0.25) is 0 Å². The number of imidazole rings is 1. The van der Waals surface area contributed by atoms with Gasteiger partial charge in [-0.1, -0.05) is 96.8 Å². The molecule has 0 amide bonds. The average Bonchev–Trinajstić information content (AvgIpc) is 0.763. The molecule has 0 unspecified atom stereocenters. The highest BCUT2D eigenvalue weighted by Crippen LogP contribution is 2.27. The second-order valence-corrected chi connectivity index (χ2v) is 24.7. The highest BCUT2D eigenvalue weighted by atomic mass is 27.2. The predicted molar refractivity (Wildman–Crippen MR) is 264 cm³/mol. The van der Waals surface area contributed by atoms with Gasteiger partial charge in [-0.05, 0) is 33.0 Å². The average molecular weight is 1360 g/mol. The number of nitrogens with zero attached hydrogens (tertiary/aromatic N) is 1. The van der Waals surface area contributed by atoms with Crippen LogP contribution in [0.15, 0.2) is 12.4 Å². The first-order chi connectivity index (χ1) is 42.3. The fraction of sp³-hybridized carbons (Fsp3) is 0.304. The highest BCUT2D eigenvalue weighted by Gasteiger charge is 2.49. The Bertz CT molecular complexity index is 3040. The molecule has 0 aliphatic heterocycles. The SMILES string of the molecule is CCCCCCCCCCCCCCCCCc1ncc[nH]1.Fc1c(F)c(F)[c]([Al]([c]2c(F)c(F)c(F)c(F)c2F)[c]2c(F)c(F)c(F)c(F)c2F)c(F)c1F.Fc1c(F)c(F)[c]([Al]([c]2c(F)c(F)c(F)c(F)c2F)[c]2c(F)c(F)c(F)c(F)c2F)c(F)c1F. The number of aromatic nitrogens is 2. The van der Waals surface area contributed by atoms with Crippen LogP contribution in [0, 0.1) is 175 Å². The van der Waals surface area contributed by atoms with Crippen molar-refractivity contribution in [2.24, 2.45) is 0 Å². The van der Waals surface area contributed by atoms with Crippen LogP contribution >= 0.6 is 0 Å². The number of benzene rings is 6. The van der Waals surface area contributed by atoms with Gasteiger partial charge in [-0.2, -0.15) is 0 Å². The number of H-pyrrole nitrogens is 1. The zero-order chi connectivity index (χ0) is 67.7. The second kappa shape index (κ2) is 32.2. The molecule has 7 rings (SSSR count). The van der Waals surface area contributed by atoms with Gasteiger partial charge in [0.1, 0.15) is 5.82 Å². The molecule has 0 bridgehead atoms. The van der Waals surface area contributed by atoms with Crippen molar-refractivity contribution in [1.82, 2.24) is 9.97 Å². The summed E-state index contributed by atoms with van der Waals surface area (Å²) >= 11 is -11.9. The highest BCUT2D eigenvalue weighted by molar-refractivity contribution is 6.96. The number of aromatic amines is 1. The molecule has 0 saturated carbocycles. The molecule has 0 saturated heterocycles. The summed E-state index contributed by atoms with van der Waals surface area (Å²) in [5.41, 5.74) is 0. The van der Waals surface area contributed by atoms with E-state index in [1.807, 2.05) is 12.4 Å². The molecule has 0 aliphatic carbocycles. The van der Waals surface area contributed by atoms with Gasteiger partial charge in [-0.25, -0.2) is 137 Å². The molecule has 7 aromatic rings. The summed E-state index contributed by atoms with van der Waals surface area (Å²) in [5, 5.41) is 0. The maximum atomic E-state index is 14.4. The summed E-state index contributed by atoms with van der Waals surface area (Å²) in [6.45, 7) is 2.29. The first-order valence-corrected chi connectivity index (χ1v) is 29.8. The molecule has 0 atom stereocenters. The summed E-state index contributed by atoms with van der Waals surface area (Å²) in [7, 11) is 0. The van der Waals surface area contributed by atoms with E-state index >= 15 is 0 Å². The van der Waals surface area contributed by atoms with Crippen LogP contribution in [0.3, 0.4) is 0 Å². The van der Waals surface area contributed by atoms with Gasteiger partial charge in [0.25, 0.3) is 0 Å². The maximum Gasteiger partial charge on any atom is 0.413 e. The zero-order valence-corrected chi connectivity index (χ0v) is 47.7. The van der Waals surface area contributed by atoms with Gasteiger partial charge < -0.3 is 4.98 Å². The Labute approximate surface area is 497 Å². The minimum atomic E-state index is -5.96. The molecule has 6 aromatic carbocycles. The minimum Gasteiger partial charge on any atom is -0.349 e. The number of unbranched alkanes of at least 4 members (excludes halogenated alkanes) is 14. The number of hydrogen-bond acceptors (Lipinski definition) is 1. The molecule has 90 heavy (non-hydrogen) atoms. The lowest BCUT2D eigenvalue weighted by Gasteiger charge is -2.20. The van der Waals surface area contributed by atoms with Crippen LogP contribution in [-0.2, 0) is 6.42 Å². The Morgan fingerprint density at radius 1 is 0.233 bits per heavy atom. The van der Waals surface area contributed by atoms with Gasteiger partial charge in [0.15, 0.2) is 175 Å². The van der Waals surface area contributed by atoms with Crippen molar-refractivity contribution in [1.29, 1.82) is 0 Å². The molecule has 0 spiro atoms. The van der Waals surface area contributed by atoms with E-state index in [-0.39, 0.29) is 0 Å². The summed E-state index contributed by atoms with van der Waals surface area (Å²) in [5.74, 6) is -88.0. The number of halogens is 30. The van der Waals surface area contributed by atoms with Gasteiger partial charge in [0.2, 0.25) is 0 Å². The van der Waals surface area contributed by atoms with E-state index in [2.05, 4.69) is 16.9 Å². The van der Waals surface area contributed by atoms with Gasteiger partial charge in [0, 0.05) is 18.8 Å². The molecular weight excluding hydrogens is 1320 g/mol. The molecule has 1 N–H and O–H groups in total. The fourth-order valence-electron chi connectivity index (χ4n) is 9.22. The van der Waals surface area contributed by atoms with Crippen LogP contribution in [0.2, 0.25) is 0 Å². The van der Waals surface area contributed by atoms with Crippen molar-refractivity contribution in [3.63, 3.8) is 0 Å².